The van der Waals surface area contributed by atoms with Crippen LogP contribution in [0.5, 0.6) is 0 Å². The summed E-state index contributed by atoms with van der Waals surface area (Å²) in [6, 6.07) is -0.518. The van der Waals surface area contributed by atoms with E-state index in [0.29, 0.717) is 6.42 Å². The zero-order chi connectivity index (χ0) is 12.9. The number of likely N-dealkylation sites (tertiary alicyclic amines) is 1. The summed E-state index contributed by atoms with van der Waals surface area (Å²) in [5.74, 6) is -0.337. The molecule has 0 radical (unpaired) electrons. The molecule has 0 aromatic carbocycles. The molecule has 0 aliphatic carbocycles. The smallest absolute Gasteiger partial charge is 0.322 e. The highest BCUT2D eigenvalue weighted by Crippen LogP contribution is 2.23. The minimum absolute atomic E-state index is 0.0619. The van der Waals surface area contributed by atoms with E-state index in [1.54, 1.807) is 7.11 Å². The molecule has 17 heavy (non-hydrogen) atoms. The lowest BCUT2D eigenvalue weighted by atomic mass is 9.94. The van der Waals surface area contributed by atoms with E-state index >= 15 is 0 Å². The van der Waals surface area contributed by atoms with Gasteiger partial charge in [0.1, 0.15) is 6.04 Å². The summed E-state index contributed by atoms with van der Waals surface area (Å²) in [7, 11) is 3.12. The fraction of sp³-hybridized carbons (Fsp3) is 0.917. The van der Waals surface area contributed by atoms with Gasteiger partial charge in [-0.3, -0.25) is 4.79 Å². The van der Waals surface area contributed by atoms with E-state index in [9.17, 15) is 4.79 Å². The second-order valence-electron chi connectivity index (χ2n) is 4.95. The van der Waals surface area contributed by atoms with E-state index in [0.717, 1.165) is 32.5 Å². The summed E-state index contributed by atoms with van der Waals surface area (Å²) in [4.78, 5) is 13.5. The van der Waals surface area contributed by atoms with Gasteiger partial charge in [-0.2, -0.15) is 0 Å². The van der Waals surface area contributed by atoms with Crippen LogP contribution in [0.4, 0.5) is 0 Å². The first-order chi connectivity index (χ1) is 8.00. The SMILES string of the molecule is COC(=O)C(N)CCN1CCCC(C)(OC)C1. The molecular weight excluding hydrogens is 220 g/mol. The number of hydrogen-bond donors (Lipinski definition) is 1. The van der Waals surface area contributed by atoms with Crippen LogP contribution in [0.3, 0.4) is 0 Å². The van der Waals surface area contributed by atoms with E-state index in [1.165, 1.54) is 7.11 Å². The molecule has 1 rings (SSSR count). The van der Waals surface area contributed by atoms with Crippen molar-refractivity contribution in [3.8, 4) is 0 Å². The maximum atomic E-state index is 11.2. The van der Waals surface area contributed by atoms with Gasteiger partial charge in [-0.1, -0.05) is 0 Å². The molecule has 0 aromatic heterocycles. The number of ether oxygens (including phenoxy) is 2. The summed E-state index contributed by atoms with van der Waals surface area (Å²) in [6.45, 7) is 4.89. The molecule has 2 atom stereocenters. The number of methoxy groups -OCH3 is 2. The fourth-order valence-electron chi connectivity index (χ4n) is 2.26. The number of carbonyl (C=O) groups excluding carboxylic acids is 1. The molecule has 0 bridgehead atoms. The van der Waals surface area contributed by atoms with Crippen molar-refractivity contribution in [1.29, 1.82) is 0 Å². The predicted molar refractivity (Wildman–Crippen MR) is 65.7 cm³/mol. The summed E-state index contributed by atoms with van der Waals surface area (Å²) in [5.41, 5.74) is 5.65. The van der Waals surface area contributed by atoms with Crippen LogP contribution in [-0.2, 0) is 14.3 Å². The first-order valence-electron chi connectivity index (χ1n) is 6.11. The Morgan fingerprint density at radius 1 is 1.53 bits per heavy atom. The lowest BCUT2D eigenvalue weighted by Crippen LogP contribution is -2.48. The zero-order valence-corrected chi connectivity index (χ0v) is 11.1. The average molecular weight is 244 g/mol. The van der Waals surface area contributed by atoms with Gasteiger partial charge in [-0.05, 0) is 32.7 Å². The van der Waals surface area contributed by atoms with Crippen LogP contribution in [0, 0.1) is 0 Å². The normalized spacial score (nSPS) is 27.8. The Morgan fingerprint density at radius 3 is 2.82 bits per heavy atom. The minimum Gasteiger partial charge on any atom is -0.468 e. The third-order valence-corrected chi connectivity index (χ3v) is 3.49. The van der Waals surface area contributed by atoms with Gasteiger partial charge in [0.05, 0.1) is 12.7 Å². The van der Waals surface area contributed by atoms with Crippen molar-refractivity contribution >= 4 is 5.97 Å². The second kappa shape index (κ2) is 6.33. The molecule has 1 heterocycles. The van der Waals surface area contributed by atoms with Crippen molar-refractivity contribution < 1.29 is 14.3 Å². The molecule has 0 amide bonds. The Hall–Kier alpha value is -0.650. The fourth-order valence-corrected chi connectivity index (χ4v) is 2.26. The molecular formula is C12H24N2O3. The molecule has 2 unspecified atom stereocenters. The largest absolute Gasteiger partial charge is 0.468 e. The molecule has 5 heteroatoms. The molecule has 0 aromatic rings. The Morgan fingerprint density at radius 2 is 2.24 bits per heavy atom. The van der Waals surface area contributed by atoms with Crippen molar-refractivity contribution in [3.63, 3.8) is 0 Å². The standard InChI is InChI=1S/C12H24N2O3/c1-12(17-3)6-4-7-14(9-12)8-5-10(13)11(15)16-2/h10H,4-9,13H2,1-3H3. The predicted octanol–water partition coefficient (Wildman–Crippen LogP) is 0.378. The van der Waals surface area contributed by atoms with Crippen molar-refractivity contribution in [3.05, 3.63) is 0 Å². The van der Waals surface area contributed by atoms with Gasteiger partial charge in [0.15, 0.2) is 0 Å². The Labute approximate surface area is 103 Å². The van der Waals surface area contributed by atoms with E-state index in [1.807, 2.05) is 0 Å². The highest BCUT2D eigenvalue weighted by atomic mass is 16.5. The van der Waals surface area contributed by atoms with E-state index in [4.69, 9.17) is 10.5 Å². The number of hydrogen-bond acceptors (Lipinski definition) is 5. The van der Waals surface area contributed by atoms with Crippen molar-refractivity contribution in [2.75, 3.05) is 33.9 Å². The van der Waals surface area contributed by atoms with Gasteiger partial charge in [-0.15, -0.1) is 0 Å². The first kappa shape index (κ1) is 14.4. The summed E-state index contributed by atoms with van der Waals surface area (Å²) in [5, 5.41) is 0. The minimum atomic E-state index is -0.518. The number of carbonyl (C=O) groups is 1. The van der Waals surface area contributed by atoms with E-state index in [2.05, 4.69) is 16.6 Å². The highest BCUT2D eigenvalue weighted by Gasteiger charge is 2.30. The van der Waals surface area contributed by atoms with Crippen LogP contribution in [-0.4, -0.2) is 56.4 Å². The van der Waals surface area contributed by atoms with Gasteiger partial charge in [0, 0.05) is 20.2 Å². The lowest BCUT2D eigenvalue weighted by molar-refractivity contribution is -0.142. The van der Waals surface area contributed by atoms with Gasteiger partial charge in [0.25, 0.3) is 0 Å². The Kier molecular flexibility index (Phi) is 5.36. The third kappa shape index (κ3) is 4.26. The number of piperidine rings is 1. The maximum Gasteiger partial charge on any atom is 0.322 e. The molecule has 1 saturated heterocycles. The van der Waals surface area contributed by atoms with E-state index in [-0.39, 0.29) is 11.6 Å². The molecule has 1 aliphatic rings. The van der Waals surface area contributed by atoms with Gasteiger partial charge in [0.2, 0.25) is 0 Å². The van der Waals surface area contributed by atoms with Crippen LogP contribution in [0.15, 0.2) is 0 Å². The lowest BCUT2D eigenvalue weighted by Gasteiger charge is -2.39. The Balaban J connectivity index is 2.34. The van der Waals surface area contributed by atoms with Crippen molar-refractivity contribution in [2.45, 2.75) is 37.8 Å². The summed E-state index contributed by atoms with van der Waals surface area (Å²) < 4.78 is 10.1. The molecule has 2 N–H and O–H groups in total. The molecule has 1 fully saturated rings. The second-order valence-corrected chi connectivity index (χ2v) is 4.95. The van der Waals surface area contributed by atoms with Gasteiger partial charge >= 0.3 is 5.97 Å². The quantitative estimate of drug-likeness (QED) is 0.708. The van der Waals surface area contributed by atoms with Crippen molar-refractivity contribution in [2.24, 2.45) is 5.73 Å². The molecule has 1 aliphatic heterocycles. The topological polar surface area (TPSA) is 64.8 Å². The number of esters is 1. The summed E-state index contributed by atoms with van der Waals surface area (Å²) in [6.07, 6.45) is 2.84. The van der Waals surface area contributed by atoms with Crippen LogP contribution in [0.1, 0.15) is 26.2 Å². The van der Waals surface area contributed by atoms with Crippen LogP contribution in [0.2, 0.25) is 0 Å². The third-order valence-electron chi connectivity index (χ3n) is 3.49. The number of rotatable bonds is 5. The molecule has 100 valence electrons. The molecule has 5 nitrogen and oxygen atoms in total. The number of nitrogens with zero attached hydrogens (tertiary/aromatic N) is 1. The monoisotopic (exact) mass is 244 g/mol. The Bertz CT molecular complexity index is 260. The van der Waals surface area contributed by atoms with Gasteiger partial charge < -0.3 is 20.1 Å². The molecule has 0 saturated carbocycles. The zero-order valence-electron chi connectivity index (χ0n) is 11.1. The van der Waals surface area contributed by atoms with Crippen LogP contribution < -0.4 is 5.73 Å². The first-order valence-corrected chi connectivity index (χ1v) is 6.11. The van der Waals surface area contributed by atoms with Crippen LogP contribution in [0.25, 0.3) is 0 Å². The highest BCUT2D eigenvalue weighted by molar-refractivity contribution is 5.75. The maximum absolute atomic E-state index is 11.2. The van der Waals surface area contributed by atoms with Gasteiger partial charge in [-0.25, -0.2) is 0 Å². The number of nitrogens with two attached hydrogens (primary N) is 1. The van der Waals surface area contributed by atoms with E-state index < -0.39 is 6.04 Å². The average Bonchev–Trinajstić information content (AvgIpc) is 2.35. The van der Waals surface area contributed by atoms with Crippen molar-refractivity contribution in [1.82, 2.24) is 4.90 Å². The summed E-state index contributed by atoms with van der Waals surface area (Å²) >= 11 is 0. The van der Waals surface area contributed by atoms with Crippen LogP contribution >= 0.6 is 0 Å². The molecule has 0 spiro atoms.